The SMILES string of the molecule is Cn1c(C2CNC3CCCCC3CO2)nc2ccccc21. The molecule has 1 saturated heterocycles. The Morgan fingerprint density at radius 3 is 3.00 bits per heavy atom. The molecular weight excluding hydrogens is 262 g/mol. The van der Waals surface area contributed by atoms with Gasteiger partial charge in [-0.15, -0.1) is 0 Å². The summed E-state index contributed by atoms with van der Waals surface area (Å²) >= 11 is 0. The quantitative estimate of drug-likeness (QED) is 0.875. The monoisotopic (exact) mass is 285 g/mol. The standard InChI is InChI=1S/C17H23N3O/c1-20-15-9-5-4-8-14(15)19-17(20)16-10-18-13-7-3-2-6-12(13)11-21-16/h4-5,8-9,12-13,16,18H,2-3,6-7,10-11H2,1H3. The number of hydrogen-bond donors (Lipinski definition) is 1. The molecule has 1 aliphatic heterocycles. The zero-order valence-corrected chi connectivity index (χ0v) is 12.6. The molecule has 0 bridgehead atoms. The molecule has 2 aromatic rings. The number of hydrogen-bond acceptors (Lipinski definition) is 3. The van der Waals surface area contributed by atoms with E-state index in [2.05, 4.69) is 35.1 Å². The molecule has 0 amide bonds. The van der Waals surface area contributed by atoms with Crippen molar-refractivity contribution in [2.45, 2.75) is 37.8 Å². The van der Waals surface area contributed by atoms with Crippen LogP contribution in [0.15, 0.2) is 24.3 Å². The van der Waals surface area contributed by atoms with Crippen LogP contribution in [0.4, 0.5) is 0 Å². The van der Waals surface area contributed by atoms with Crippen LogP contribution >= 0.6 is 0 Å². The summed E-state index contributed by atoms with van der Waals surface area (Å²) in [5.41, 5.74) is 2.23. The van der Waals surface area contributed by atoms with Crippen molar-refractivity contribution in [3.63, 3.8) is 0 Å². The number of nitrogens with zero attached hydrogens (tertiary/aromatic N) is 2. The molecule has 4 rings (SSSR count). The highest BCUT2D eigenvalue weighted by Crippen LogP contribution is 2.30. The Morgan fingerprint density at radius 1 is 1.24 bits per heavy atom. The van der Waals surface area contributed by atoms with Gasteiger partial charge in [-0.3, -0.25) is 0 Å². The molecule has 1 aromatic carbocycles. The first-order chi connectivity index (χ1) is 10.3. The van der Waals surface area contributed by atoms with Crippen LogP contribution in [0, 0.1) is 5.92 Å². The lowest BCUT2D eigenvalue weighted by molar-refractivity contribution is 0.0340. The van der Waals surface area contributed by atoms with Crippen LogP contribution < -0.4 is 5.32 Å². The second kappa shape index (κ2) is 5.43. The van der Waals surface area contributed by atoms with Crippen molar-refractivity contribution in [3.8, 4) is 0 Å². The van der Waals surface area contributed by atoms with Gasteiger partial charge in [0.25, 0.3) is 0 Å². The van der Waals surface area contributed by atoms with Crippen molar-refractivity contribution in [2.75, 3.05) is 13.2 Å². The molecule has 4 heteroatoms. The molecule has 4 nitrogen and oxygen atoms in total. The summed E-state index contributed by atoms with van der Waals surface area (Å²) in [6.45, 7) is 1.74. The minimum absolute atomic E-state index is 0.0630. The number of imidazole rings is 1. The van der Waals surface area contributed by atoms with Crippen molar-refractivity contribution >= 4 is 11.0 Å². The summed E-state index contributed by atoms with van der Waals surface area (Å²) in [6.07, 6.45) is 5.36. The van der Waals surface area contributed by atoms with Crippen molar-refractivity contribution in [1.29, 1.82) is 0 Å². The lowest BCUT2D eigenvalue weighted by Gasteiger charge is -2.29. The van der Waals surface area contributed by atoms with Crippen LogP contribution in [0.1, 0.15) is 37.6 Å². The van der Waals surface area contributed by atoms with E-state index in [9.17, 15) is 0 Å². The Balaban J connectivity index is 1.61. The molecule has 2 heterocycles. The van der Waals surface area contributed by atoms with E-state index < -0.39 is 0 Å². The van der Waals surface area contributed by atoms with E-state index in [1.165, 1.54) is 31.2 Å². The van der Waals surface area contributed by atoms with Gasteiger partial charge in [0.05, 0.1) is 17.6 Å². The Labute approximate surface area is 125 Å². The summed E-state index contributed by atoms with van der Waals surface area (Å²) in [6, 6.07) is 8.94. The molecular formula is C17H23N3O. The van der Waals surface area contributed by atoms with Crippen LogP contribution in [0.3, 0.4) is 0 Å². The Hall–Kier alpha value is -1.39. The summed E-state index contributed by atoms with van der Waals surface area (Å²) in [5, 5.41) is 3.73. The van der Waals surface area contributed by atoms with E-state index in [0.717, 1.165) is 24.5 Å². The Morgan fingerprint density at radius 2 is 2.10 bits per heavy atom. The summed E-state index contributed by atoms with van der Waals surface area (Å²) in [4.78, 5) is 4.79. The van der Waals surface area contributed by atoms with Gasteiger partial charge in [0.2, 0.25) is 0 Å². The number of aryl methyl sites for hydroxylation is 1. The van der Waals surface area contributed by atoms with E-state index in [0.29, 0.717) is 12.0 Å². The summed E-state index contributed by atoms with van der Waals surface area (Å²) < 4.78 is 8.40. The molecule has 21 heavy (non-hydrogen) atoms. The Bertz CT molecular complexity index is 620. The van der Waals surface area contributed by atoms with E-state index >= 15 is 0 Å². The van der Waals surface area contributed by atoms with Gasteiger partial charge in [-0.25, -0.2) is 4.98 Å². The first-order valence-electron chi connectivity index (χ1n) is 8.09. The smallest absolute Gasteiger partial charge is 0.140 e. The highest BCUT2D eigenvalue weighted by Gasteiger charge is 2.31. The van der Waals surface area contributed by atoms with E-state index in [1.54, 1.807) is 0 Å². The molecule has 112 valence electrons. The third-order valence-corrected chi connectivity index (χ3v) is 5.10. The maximum atomic E-state index is 6.22. The van der Waals surface area contributed by atoms with Crippen LogP contribution in [0.5, 0.6) is 0 Å². The van der Waals surface area contributed by atoms with Crippen molar-refractivity contribution in [2.24, 2.45) is 13.0 Å². The molecule has 1 aliphatic carbocycles. The zero-order valence-electron chi connectivity index (χ0n) is 12.6. The number of para-hydroxylation sites is 2. The first kappa shape index (κ1) is 13.3. The summed E-state index contributed by atoms with van der Waals surface area (Å²) in [7, 11) is 2.09. The lowest BCUT2D eigenvalue weighted by atomic mass is 9.85. The number of aromatic nitrogens is 2. The third-order valence-electron chi connectivity index (χ3n) is 5.10. The fourth-order valence-electron chi connectivity index (χ4n) is 3.85. The van der Waals surface area contributed by atoms with Gasteiger partial charge < -0.3 is 14.6 Å². The molecule has 0 radical (unpaired) electrons. The van der Waals surface area contributed by atoms with Gasteiger partial charge in [-0.1, -0.05) is 25.0 Å². The first-order valence-corrected chi connectivity index (χ1v) is 8.09. The topological polar surface area (TPSA) is 39.1 Å². The normalized spacial score (nSPS) is 30.0. The highest BCUT2D eigenvalue weighted by molar-refractivity contribution is 5.75. The van der Waals surface area contributed by atoms with Crippen molar-refractivity contribution in [3.05, 3.63) is 30.1 Å². The number of rotatable bonds is 1. The average Bonchev–Trinajstić information content (AvgIpc) is 2.72. The molecule has 1 aromatic heterocycles. The molecule has 3 atom stereocenters. The van der Waals surface area contributed by atoms with Crippen LogP contribution in [-0.4, -0.2) is 28.7 Å². The van der Waals surface area contributed by atoms with Gasteiger partial charge in [0.1, 0.15) is 11.9 Å². The van der Waals surface area contributed by atoms with Gasteiger partial charge in [0, 0.05) is 19.6 Å². The molecule has 2 aliphatic rings. The van der Waals surface area contributed by atoms with E-state index in [1.807, 2.05) is 6.07 Å². The maximum Gasteiger partial charge on any atom is 0.140 e. The maximum absolute atomic E-state index is 6.22. The van der Waals surface area contributed by atoms with Crippen LogP contribution in [0.2, 0.25) is 0 Å². The predicted octanol–water partition coefficient (Wildman–Crippen LogP) is 2.79. The van der Waals surface area contributed by atoms with Gasteiger partial charge in [-0.05, 0) is 30.9 Å². The molecule has 2 fully saturated rings. The van der Waals surface area contributed by atoms with Gasteiger partial charge in [0.15, 0.2) is 0 Å². The third kappa shape index (κ3) is 2.36. The fraction of sp³-hybridized carbons (Fsp3) is 0.588. The molecule has 0 spiro atoms. The number of fused-ring (bicyclic) bond motifs is 2. The van der Waals surface area contributed by atoms with E-state index in [-0.39, 0.29) is 6.10 Å². The average molecular weight is 285 g/mol. The van der Waals surface area contributed by atoms with Crippen molar-refractivity contribution in [1.82, 2.24) is 14.9 Å². The second-order valence-corrected chi connectivity index (χ2v) is 6.40. The van der Waals surface area contributed by atoms with Crippen LogP contribution in [-0.2, 0) is 11.8 Å². The van der Waals surface area contributed by atoms with Gasteiger partial charge >= 0.3 is 0 Å². The molecule has 1 saturated carbocycles. The number of ether oxygens (including phenoxy) is 1. The van der Waals surface area contributed by atoms with Crippen LogP contribution in [0.25, 0.3) is 11.0 Å². The van der Waals surface area contributed by atoms with Crippen molar-refractivity contribution < 1.29 is 4.74 Å². The largest absolute Gasteiger partial charge is 0.369 e. The highest BCUT2D eigenvalue weighted by atomic mass is 16.5. The predicted molar refractivity (Wildman–Crippen MR) is 83.2 cm³/mol. The lowest BCUT2D eigenvalue weighted by Crippen LogP contribution is -2.38. The van der Waals surface area contributed by atoms with E-state index in [4.69, 9.17) is 9.72 Å². The number of benzene rings is 1. The molecule has 3 unspecified atom stereocenters. The molecule has 1 N–H and O–H groups in total. The number of nitrogens with one attached hydrogen (secondary N) is 1. The minimum Gasteiger partial charge on any atom is -0.369 e. The minimum atomic E-state index is 0.0630. The Kier molecular flexibility index (Phi) is 3.43. The fourth-order valence-corrected chi connectivity index (χ4v) is 3.85. The van der Waals surface area contributed by atoms with Gasteiger partial charge in [-0.2, -0.15) is 0 Å². The zero-order chi connectivity index (χ0) is 14.2. The summed E-state index contributed by atoms with van der Waals surface area (Å²) in [5.74, 6) is 1.72. The second-order valence-electron chi connectivity index (χ2n) is 6.40.